The number of hydrogen-bond donors (Lipinski definition) is 3. The molecule has 2 aromatic rings. The number of allylic oxidation sites excluding steroid dienone is 1. The van der Waals surface area contributed by atoms with Crippen LogP contribution in [0.2, 0.25) is 0 Å². The molecule has 2 aromatic carbocycles. The molecule has 5 heteroatoms. The molecule has 0 aliphatic rings. The van der Waals surface area contributed by atoms with Crippen molar-refractivity contribution >= 4 is 23.2 Å². The van der Waals surface area contributed by atoms with Crippen LogP contribution in [0, 0.1) is 6.92 Å². The molecule has 0 aromatic heterocycles. The molecule has 0 bridgehead atoms. The van der Waals surface area contributed by atoms with Gasteiger partial charge in [0.15, 0.2) is 0 Å². The molecular weight excluding hydrogens is 314 g/mol. The number of aryl methyl sites for hydroxylation is 1. The third-order valence-corrected chi connectivity index (χ3v) is 3.63. The highest BCUT2D eigenvalue weighted by Gasteiger charge is 2.03. The summed E-state index contributed by atoms with van der Waals surface area (Å²) in [5, 5.41) is 5.59. The molecule has 0 atom stereocenters. The molecule has 0 aliphatic heterocycles. The summed E-state index contributed by atoms with van der Waals surface area (Å²) in [5.74, 6) is -0.303. The molecule has 2 rings (SSSR count). The second kappa shape index (κ2) is 9.27. The van der Waals surface area contributed by atoms with Crippen LogP contribution in [-0.4, -0.2) is 18.4 Å². The number of rotatable bonds is 7. The van der Waals surface area contributed by atoms with E-state index in [0.717, 1.165) is 12.0 Å². The van der Waals surface area contributed by atoms with Gasteiger partial charge in [0.25, 0.3) is 5.91 Å². The van der Waals surface area contributed by atoms with Crippen LogP contribution in [0.3, 0.4) is 0 Å². The SMILES string of the molecule is Cc1ccc(C(=O)NCCCC=CC(=O)Nc2ccccc2N)cc1. The standard InChI is InChI=1S/C20H23N3O2/c1-15-10-12-16(13-11-15)20(25)22-14-6-2-3-9-19(24)23-18-8-5-4-7-17(18)21/h3-5,7-13H,2,6,14,21H2,1H3,(H,22,25)(H,23,24). The monoisotopic (exact) mass is 337 g/mol. The number of nitrogens with one attached hydrogen (secondary N) is 2. The highest BCUT2D eigenvalue weighted by Crippen LogP contribution is 2.16. The minimum atomic E-state index is -0.221. The van der Waals surface area contributed by atoms with E-state index in [0.29, 0.717) is 29.9 Å². The molecule has 0 heterocycles. The third-order valence-electron chi connectivity index (χ3n) is 3.63. The van der Waals surface area contributed by atoms with Crippen molar-refractivity contribution in [1.82, 2.24) is 5.32 Å². The van der Waals surface area contributed by atoms with Gasteiger partial charge in [-0.1, -0.05) is 35.9 Å². The third kappa shape index (κ3) is 6.14. The number of carbonyl (C=O) groups is 2. The van der Waals surface area contributed by atoms with Crippen LogP contribution in [0.4, 0.5) is 11.4 Å². The summed E-state index contributed by atoms with van der Waals surface area (Å²) in [4.78, 5) is 23.7. The van der Waals surface area contributed by atoms with Gasteiger partial charge < -0.3 is 16.4 Å². The zero-order valence-corrected chi connectivity index (χ0v) is 14.3. The van der Waals surface area contributed by atoms with Gasteiger partial charge in [0, 0.05) is 12.1 Å². The van der Waals surface area contributed by atoms with E-state index < -0.39 is 0 Å². The molecule has 0 saturated carbocycles. The molecule has 25 heavy (non-hydrogen) atoms. The predicted molar refractivity (Wildman–Crippen MR) is 101 cm³/mol. The Morgan fingerprint density at radius 1 is 1.08 bits per heavy atom. The van der Waals surface area contributed by atoms with Crippen LogP contribution >= 0.6 is 0 Å². The zero-order chi connectivity index (χ0) is 18.1. The topological polar surface area (TPSA) is 84.2 Å². The summed E-state index contributed by atoms with van der Waals surface area (Å²) >= 11 is 0. The van der Waals surface area contributed by atoms with Crippen molar-refractivity contribution in [3.05, 3.63) is 71.8 Å². The average Bonchev–Trinajstić information content (AvgIpc) is 2.60. The molecular formula is C20H23N3O2. The van der Waals surface area contributed by atoms with Gasteiger partial charge in [0.2, 0.25) is 5.91 Å². The predicted octanol–water partition coefficient (Wildman–Crippen LogP) is 3.28. The summed E-state index contributed by atoms with van der Waals surface area (Å²) < 4.78 is 0. The first-order chi connectivity index (χ1) is 12.1. The molecule has 5 nitrogen and oxygen atoms in total. The Morgan fingerprint density at radius 2 is 1.80 bits per heavy atom. The summed E-state index contributed by atoms with van der Waals surface area (Å²) in [6.07, 6.45) is 4.72. The minimum absolute atomic E-state index is 0.0822. The molecule has 4 N–H and O–H groups in total. The van der Waals surface area contributed by atoms with Gasteiger partial charge in [-0.05, 0) is 50.1 Å². The number of carbonyl (C=O) groups excluding carboxylic acids is 2. The lowest BCUT2D eigenvalue weighted by Gasteiger charge is -2.05. The van der Waals surface area contributed by atoms with Crippen LogP contribution in [0.15, 0.2) is 60.7 Å². The van der Waals surface area contributed by atoms with Gasteiger partial charge >= 0.3 is 0 Å². The van der Waals surface area contributed by atoms with Crippen molar-refractivity contribution in [1.29, 1.82) is 0 Å². The van der Waals surface area contributed by atoms with E-state index in [1.165, 1.54) is 6.08 Å². The molecule has 0 spiro atoms. The number of hydrogen-bond acceptors (Lipinski definition) is 3. The normalized spacial score (nSPS) is 10.6. The lowest BCUT2D eigenvalue weighted by atomic mass is 10.1. The largest absolute Gasteiger partial charge is 0.397 e. The maximum Gasteiger partial charge on any atom is 0.251 e. The van der Waals surface area contributed by atoms with Gasteiger partial charge in [0.05, 0.1) is 11.4 Å². The van der Waals surface area contributed by atoms with E-state index in [2.05, 4.69) is 10.6 Å². The van der Waals surface area contributed by atoms with E-state index >= 15 is 0 Å². The van der Waals surface area contributed by atoms with Crippen LogP contribution < -0.4 is 16.4 Å². The molecule has 2 amide bonds. The molecule has 0 unspecified atom stereocenters. The first kappa shape index (κ1) is 18.3. The number of nitrogen functional groups attached to an aromatic ring is 1. The van der Waals surface area contributed by atoms with Crippen LogP contribution in [-0.2, 0) is 4.79 Å². The second-order valence-electron chi connectivity index (χ2n) is 5.74. The Labute approximate surface area is 147 Å². The van der Waals surface area contributed by atoms with Crippen molar-refractivity contribution in [2.75, 3.05) is 17.6 Å². The minimum Gasteiger partial charge on any atom is -0.397 e. The molecule has 130 valence electrons. The number of para-hydroxylation sites is 2. The summed E-state index contributed by atoms with van der Waals surface area (Å²) in [7, 11) is 0. The van der Waals surface area contributed by atoms with E-state index in [1.807, 2.05) is 43.3 Å². The summed E-state index contributed by atoms with van der Waals surface area (Å²) in [6, 6.07) is 14.6. The van der Waals surface area contributed by atoms with Crippen molar-refractivity contribution in [2.45, 2.75) is 19.8 Å². The lowest BCUT2D eigenvalue weighted by Crippen LogP contribution is -2.24. The molecule has 0 fully saturated rings. The number of unbranched alkanes of at least 4 members (excludes halogenated alkanes) is 1. The number of amides is 2. The highest BCUT2D eigenvalue weighted by atomic mass is 16.2. The number of benzene rings is 2. The van der Waals surface area contributed by atoms with Crippen molar-refractivity contribution < 1.29 is 9.59 Å². The van der Waals surface area contributed by atoms with E-state index in [-0.39, 0.29) is 11.8 Å². The maximum absolute atomic E-state index is 11.9. The van der Waals surface area contributed by atoms with E-state index in [4.69, 9.17) is 5.73 Å². The fourth-order valence-corrected chi connectivity index (χ4v) is 2.20. The zero-order valence-electron chi connectivity index (χ0n) is 14.3. The fourth-order valence-electron chi connectivity index (χ4n) is 2.20. The highest BCUT2D eigenvalue weighted by molar-refractivity contribution is 6.01. The van der Waals surface area contributed by atoms with Gasteiger partial charge in [-0.2, -0.15) is 0 Å². The van der Waals surface area contributed by atoms with Crippen LogP contribution in [0.5, 0.6) is 0 Å². The quantitative estimate of drug-likeness (QED) is 0.412. The first-order valence-corrected chi connectivity index (χ1v) is 8.23. The van der Waals surface area contributed by atoms with Gasteiger partial charge in [-0.25, -0.2) is 0 Å². The van der Waals surface area contributed by atoms with Crippen LogP contribution in [0.1, 0.15) is 28.8 Å². The first-order valence-electron chi connectivity index (χ1n) is 8.23. The Hall–Kier alpha value is -3.08. The second-order valence-corrected chi connectivity index (χ2v) is 5.74. The van der Waals surface area contributed by atoms with Crippen molar-refractivity contribution in [2.24, 2.45) is 0 Å². The molecule has 0 saturated heterocycles. The molecule has 0 aliphatic carbocycles. The van der Waals surface area contributed by atoms with E-state index in [9.17, 15) is 9.59 Å². The molecule has 0 radical (unpaired) electrons. The average molecular weight is 337 g/mol. The summed E-state index contributed by atoms with van der Waals surface area (Å²) in [5.41, 5.74) is 8.68. The number of nitrogens with two attached hydrogens (primary N) is 1. The fraction of sp³-hybridized carbons (Fsp3) is 0.200. The lowest BCUT2D eigenvalue weighted by molar-refractivity contribution is -0.111. The Morgan fingerprint density at radius 3 is 2.52 bits per heavy atom. The smallest absolute Gasteiger partial charge is 0.251 e. The maximum atomic E-state index is 11.9. The van der Waals surface area contributed by atoms with Gasteiger partial charge in [0.1, 0.15) is 0 Å². The number of anilines is 2. The Balaban J connectivity index is 1.66. The Bertz CT molecular complexity index is 752. The van der Waals surface area contributed by atoms with Gasteiger partial charge in [-0.15, -0.1) is 0 Å². The van der Waals surface area contributed by atoms with Gasteiger partial charge in [-0.3, -0.25) is 9.59 Å². The van der Waals surface area contributed by atoms with Crippen molar-refractivity contribution in [3.63, 3.8) is 0 Å². The summed E-state index contributed by atoms with van der Waals surface area (Å²) in [6.45, 7) is 2.54. The van der Waals surface area contributed by atoms with E-state index in [1.54, 1.807) is 18.2 Å². The van der Waals surface area contributed by atoms with Crippen molar-refractivity contribution in [3.8, 4) is 0 Å². The Kier molecular flexibility index (Phi) is 6.77. The van der Waals surface area contributed by atoms with Crippen LogP contribution in [0.25, 0.3) is 0 Å².